The fourth-order valence-electron chi connectivity index (χ4n) is 4.88. The lowest BCUT2D eigenvalue weighted by atomic mass is 10.00. The summed E-state index contributed by atoms with van der Waals surface area (Å²) < 4.78 is 22.4. The van der Waals surface area contributed by atoms with Gasteiger partial charge in [0.15, 0.2) is 6.10 Å². The van der Waals surface area contributed by atoms with Crippen molar-refractivity contribution in [2.45, 2.75) is 54.6 Å². The number of oxazole rings is 1. The number of carbonyl (C=O) groups excluding carboxylic acids is 2. The third kappa shape index (κ3) is 11.4. The maximum absolute atomic E-state index is 12.7. The van der Waals surface area contributed by atoms with Crippen LogP contribution in [0.1, 0.15) is 36.9 Å². The third-order valence-electron chi connectivity index (χ3n) is 7.71. The zero-order chi connectivity index (χ0) is 38.3. The lowest BCUT2D eigenvalue weighted by molar-refractivity contribution is -0.162. The zero-order valence-corrected chi connectivity index (χ0v) is 30.3. The number of hydrogen-bond acceptors (Lipinski definition) is 15. The molecule has 15 nitrogen and oxygen atoms in total. The van der Waals surface area contributed by atoms with E-state index < -0.39 is 30.1 Å². The standard InChI is InChI=1S/C36H40ClN9O6S/c1-44-31-30(27(16-40)34(46-32(31)43)53-20-24-17-50-33(45-24)22-6-10-23(37)11-7-22)21-8-12-25(13-9-21)49-18-26(52-36(48)29(42)5-3-15-39)19-51-35(47)28(41)4-2-14-38/h6-13,17,26,28-29H,2-5,14-15,18-20,38-39,41-42H2,(H2,43,46)/t26-,28+,29+/m1/s1. The smallest absolute Gasteiger partial charge is 0.323 e. The first-order chi connectivity index (χ1) is 25.6. The van der Waals surface area contributed by atoms with E-state index >= 15 is 0 Å². The molecule has 10 N–H and O–H groups in total. The Kier molecular flexibility index (Phi) is 15.4. The minimum Gasteiger partial charge on any atom is -0.490 e. The number of ether oxygens (including phenoxy) is 3. The molecule has 0 bridgehead atoms. The SMILES string of the molecule is [C-]#[N+]c1c(N)nc(SCc2coc(-c3ccc(Cl)cc3)n2)c(C#N)c1-c1ccc(OC[C@H](COC(=O)[C@@H](N)CCCN)OC(=O)[C@@H](N)CCCN)cc1. The first kappa shape index (κ1) is 40.6. The van der Waals surface area contributed by atoms with E-state index in [1.807, 2.05) is 0 Å². The Balaban J connectivity index is 1.49. The number of anilines is 1. The van der Waals surface area contributed by atoms with Crippen LogP contribution in [0.4, 0.5) is 11.5 Å². The minimum absolute atomic E-state index is 0.0236. The molecule has 0 unspecified atom stereocenters. The summed E-state index contributed by atoms with van der Waals surface area (Å²) in [5.74, 6) is -0.328. The summed E-state index contributed by atoms with van der Waals surface area (Å²) in [4.78, 5) is 37.5. The number of nitrogens with zero attached hydrogens (tertiary/aromatic N) is 4. The number of halogens is 1. The largest absolute Gasteiger partial charge is 0.490 e. The van der Waals surface area contributed by atoms with Crippen LogP contribution in [-0.2, 0) is 24.8 Å². The van der Waals surface area contributed by atoms with Crippen LogP contribution in [0, 0.1) is 17.9 Å². The van der Waals surface area contributed by atoms with Crippen molar-refractivity contribution in [3.63, 3.8) is 0 Å². The van der Waals surface area contributed by atoms with Gasteiger partial charge in [0.1, 0.15) is 54.2 Å². The molecule has 0 aliphatic rings. The highest BCUT2D eigenvalue weighted by molar-refractivity contribution is 7.98. The lowest BCUT2D eigenvalue weighted by Gasteiger charge is -2.21. The topological polar surface area (TPSA) is 259 Å². The summed E-state index contributed by atoms with van der Waals surface area (Å²) in [5.41, 5.74) is 31.5. The van der Waals surface area contributed by atoms with Gasteiger partial charge in [0.05, 0.1) is 17.8 Å². The number of pyridine rings is 1. The van der Waals surface area contributed by atoms with Gasteiger partial charge in [-0.2, -0.15) is 5.26 Å². The Morgan fingerprint density at radius 2 is 1.60 bits per heavy atom. The molecule has 2 heterocycles. The number of thioether (sulfide) groups is 1. The quantitative estimate of drug-likeness (QED) is 0.0506. The molecule has 17 heteroatoms. The van der Waals surface area contributed by atoms with Crippen molar-refractivity contribution < 1.29 is 28.2 Å². The number of benzene rings is 2. The summed E-state index contributed by atoms with van der Waals surface area (Å²) in [7, 11) is 0. The van der Waals surface area contributed by atoms with E-state index in [0.29, 0.717) is 83.0 Å². The molecule has 0 radical (unpaired) electrons. The average molecular weight is 762 g/mol. The molecular weight excluding hydrogens is 722 g/mol. The van der Waals surface area contributed by atoms with Gasteiger partial charge in [-0.1, -0.05) is 35.5 Å². The summed E-state index contributed by atoms with van der Waals surface area (Å²) >= 11 is 7.21. The molecule has 2 aromatic carbocycles. The zero-order valence-electron chi connectivity index (χ0n) is 28.7. The van der Waals surface area contributed by atoms with Crippen LogP contribution in [0.15, 0.2) is 64.2 Å². The molecule has 0 aliphatic heterocycles. The predicted octanol–water partition coefficient (Wildman–Crippen LogP) is 4.32. The van der Waals surface area contributed by atoms with Crippen molar-refractivity contribution in [3.8, 4) is 34.4 Å². The van der Waals surface area contributed by atoms with E-state index in [1.165, 1.54) is 18.0 Å². The molecule has 0 fully saturated rings. The van der Waals surface area contributed by atoms with Crippen LogP contribution in [-0.4, -0.2) is 66.4 Å². The van der Waals surface area contributed by atoms with Gasteiger partial charge in [0.25, 0.3) is 0 Å². The van der Waals surface area contributed by atoms with Crippen LogP contribution >= 0.6 is 23.4 Å². The summed E-state index contributed by atoms with van der Waals surface area (Å²) in [6.45, 7) is 8.00. The van der Waals surface area contributed by atoms with Gasteiger partial charge < -0.3 is 47.3 Å². The molecule has 0 spiro atoms. The molecule has 0 aliphatic carbocycles. The Labute approximate surface area is 315 Å². The highest BCUT2D eigenvalue weighted by Crippen LogP contribution is 2.42. The van der Waals surface area contributed by atoms with E-state index in [0.717, 1.165) is 5.56 Å². The normalized spacial score (nSPS) is 12.6. The van der Waals surface area contributed by atoms with E-state index in [9.17, 15) is 14.9 Å². The first-order valence-electron chi connectivity index (χ1n) is 16.5. The number of esters is 2. The second kappa shape index (κ2) is 20.1. The molecule has 278 valence electrons. The molecular formula is C36H40ClN9O6S. The van der Waals surface area contributed by atoms with E-state index in [1.54, 1.807) is 48.5 Å². The van der Waals surface area contributed by atoms with Gasteiger partial charge in [-0.25, -0.2) is 14.8 Å². The number of nitriles is 1. The third-order valence-corrected chi connectivity index (χ3v) is 8.97. The number of nitrogens with two attached hydrogens (primary N) is 5. The number of nitrogen functional groups attached to an aromatic ring is 1. The second-order valence-corrected chi connectivity index (χ2v) is 13.1. The van der Waals surface area contributed by atoms with Crippen molar-refractivity contribution in [1.82, 2.24) is 9.97 Å². The lowest BCUT2D eigenvalue weighted by Crippen LogP contribution is -2.40. The summed E-state index contributed by atoms with van der Waals surface area (Å²) in [5, 5.41) is 11.2. The van der Waals surface area contributed by atoms with Gasteiger partial charge in [0, 0.05) is 21.9 Å². The summed E-state index contributed by atoms with van der Waals surface area (Å²) in [6.07, 6.45) is 2.22. The van der Waals surface area contributed by atoms with Gasteiger partial charge in [-0.3, -0.25) is 9.59 Å². The maximum Gasteiger partial charge on any atom is 0.323 e. The van der Waals surface area contributed by atoms with Gasteiger partial charge in [-0.05, 0) is 80.7 Å². The molecule has 3 atom stereocenters. The van der Waals surface area contributed by atoms with Crippen molar-refractivity contribution in [2.75, 3.05) is 32.0 Å². The van der Waals surface area contributed by atoms with Crippen LogP contribution in [0.3, 0.4) is 0 Å². The van der Waals surface area contributed by atoms with Crippen LogP contribution in [0.25, 0.3) is 27.4 Å². The van der Waals surface area contributed by atoms with Crippen molar-refractivity contribution in [2.24, 2.45) is 22.9 Å². The molecule has 0 saturated carbocycles. The Morgan fingerprint density at radius 3 is 2.23 bits per heavy atom. The van der Waals surface area contributed by atoms with Crippen LogP contribution in [0.2, 0.25) is 5.02 Å². The minimum atomic E-state index is -1.01. The number of carbonyl (C=O) groups is 2. The molecule has 0 amide bonds. The Hall–Kier alpha value is -5.20. The van der Waals surface area contributed by atoms with Gasteiger partial charge >= 0.3 is 11.9 Å². The highest BCUT2D eigenvalue weighted by atomic mass is 35.5. The van der Waals surface area contributed by atoms with Gasteiger partial charge in [0.2, 0.25) is 11.6 Å². The van der Waals surface area contributed by atoms with Crippen molar-refractivity contribution in [3.05, 3.63) is 82.5 Å². The monoisotopic (exact) mass is 761 g/mol. The first-order valence-corrected chi connectivity index (χ1v) is 17.9. The van der Waals surface area contributed by atoms with E-state index in [4.69, 9.17) is 65.5 Å². The predicted molar refractivity (Wildman–Crippen MR) is 200 cm³/mol. The molecule has 4 rings (SSSR count). The number of hydrogen-bond donors (Lipinski definition) is 5. The fraction of sp³-hybridized carbons (Fsp3) is 0.333. The van der Waals surface area contributed by atoms with E-state index in [2.05, 4.69) is 20.9 Å². The van der Waals surface area contributed by atoms with Crippen LogP contribution in [0.5, 0.6) is 5.75 Å². The van der Waals surface area contributed by atoms with Crippen molar-refractivity contribution in [1.29, 1.82) is 5.26 Å². The number of rotatable bonds is 19. The molecule has 4 aromatic rings. The fourth-order valence-corrected chi connectivity index (χ4v) is 5.88. The molecule has 2 aromatic heterocycles. The van der Waals surface area contributed by atoms with Crippen molar-refractivity contribution >= 4 is 46.8 Å². The number of aromatic nitrogens is 2. The van der Waals surface area contributed by atoms with E-state index in [-0.39, 0.29) is 30.3 Å². The maximum atomic E-state index is 12.7. The molecule has 0 saturated heterocycles. The average Bonchev–Trinajstić information content (AvgIpc) is 3.65. The highest BCUT2D eigenvalue weighted by Gasteiger charge is 2.25. The second-order valence-electron chi connectivity index (χ2n) is 11.7. The Morgan fingerprint density at radius 1 is 0.962 bits per heavy atom. The Bertz CT molecular complexity index is 1930. The summed E-state index contributed by atoms with van der Waals surface area (Å²) in [6, 6.07) is 14.0. The molecule has 53 heavy (non-hydrogen) atoms. The van der Waals surface area contributed by atoms with Crippen LogP contribution < -0.4 is 33.4 Å². The van der Waals surface area contributed by atoms with Gasteiger partial charge in [-0.15, -0.1) is 0 Å².